The second-order valence-corrected chi connectivity index (χ2v) is 4.33. The van der Waals surface area contributed by atoms with Gasteiger partial charge in [0.05, 0.1) is 0 Å². The quantitative estimate of drug-likeness (QED) is 0.773. The monoisotopic (exact) mass is 236 g/mol. The highest BCUT2D eigenvalue weighted by Crippen LogP contribution is 2.36. The number of carbonyl (C=O) groups excluding carboxylic acids is 1. The molecule has 0 spiro atoms. The number of ketones is 1. The summed E-state index contributed by atoms with van der Waals surface area (Å²) < 4.78 is 0. The molecule has 0 aromatic heterocycles. The third-order valence-electron chi connectivity index (χ3n) is 3.18. The Kier molecular flexibility index (Phi) is 2.58. The molecule has 2 aromatic carbocycles. The first-order chi connectivity index (χ1) is 8.77. The smallest absolute Gasteiger partial charge is 0.192 e. The molecule has 88 valence electrons. The molecule has 2 aromatic rings. The number of carbonyl (C=O) groups is 1. The average Bonchev–Trinajstić information content (AvgIpc) is 2.66. The van der Waals surface area contributed by atoms with Crippen LogP contribution in [0.25, 0.3) is 6.08 Å². The number of Topliss-reactive ketones (excluding diaryl/α,β-unsaturated/α-hetero) is 1. The molecule has 1 atom stereocenters. The van der Waals surface area contributed by atoms with Gasteiger partial charge in [0.15, 0.2) is 5.78 Å². The van der Waals surface area contributed by atoms with Crippen LogP contribution in [0.3, 0.4) is 0 Å². The van der Waals surface area contributed by atoms with E-state index in [2.05, 4.69) is 0 Å². The second-order valence-electron chi connectivity index (χ2n) is 4.33. The molecule has 0 amide bonds. The normalized spacial score (nSPS) is 20.2. The molecule has 0 saturated heterocycles. The van der Waals surface area contributed by atoms with Crippen LogP contribution in [0, 0.1) is 0 Å². The summed E-state index contributed by atoms with van der Waals surface area (Å²) >= 11 is 0. The van der Waals surface area contributed by atoms with Crippen molar-refractivity contribution in [2.75, 3.05) is 0 Å². The molecule has 1 N–H and O–H groups in total. The molecule has 1 unspecified atom stereocenters. The highest BCUT2D eigenvalue weighted by atomic mass is 16.3. The number of rotatable bonds is 1. The van der Waals surface area contributed by atoms with Crippen molar-refractivity contribution in [1.82, 2.24) is 0 Å². The molecule has 0 aliphatic heterocycles. The summed E-state index contributed by atoms with van der Waals surface area (Å²) in [5, 5.41) is 10.2. The number of benzene rings is 2. The van der Waals surface area contributed by atoms with Crippen molar-refractivity contribution in [3.8, 4) is 0 Å². The fourth-order valence-corrected chi connectivity index (χ4v) is 2.26. The minimum atomic E-state index is -0.811. The van der Waals surface area contributed by atoms with Gasteiger partial charge < -0.3 is 5.11 Å². The summed E-state index contributed by atoms with van der Waals surface area (Å²) in [6, 6.07) is 16.8. The first-order valence-corrected chi connectivity index (χ1v) is 5.86. The molecule has 2 heteroatoms. The van der Waals surface area contributed by atoms with Crippen LogP contribution >= 0.6 is 0 Å². The van der Waals surface area contributed by atoms with Crippen molar-refractivity contribution in [3.05, 3.63) is 76.9 Å². The first-order valence-electron chi connectivity index (χ1n) is 5.86. The highest BCUT2D eigenvalue weighted by molar-refractivity contribution is 6.16. The van der Waals surface area contributed by atoms with E-state index in [1.807, 2.05) is 42.5 Å². The highest BCUT2D eigenvalue weighted by Gasteiger charge is 2.32. The predicted molar refractivity (Wildman–Crippen MR) is 70.2 cm³/mol. The Morgan fingerprint density at radius 1 is 0.944 bits per heavy atom. The second kappa shape index (κ2) is 4.24. The lowest BCUT2D eigenvalue weighted by Crippen LogP contribution is -1.99. The van der Waals surface area contributed by atoms with Crippen LogP contribution in [0.4, 0.5) is 0 Å². The maximum Gasteiger partial charge on any atom is 0.192 e. The summed E-state index contributed by atoms with van der Waals surface area (Å²) in [4.78, 5) is 12.2. The lowest BCUT2D eigenvalue weighted by atomic mass is 10.1. The van der Waals surface area contributed by atoms with E-state index >= 15 is 0 Å². The summed E-state index contributed by atoms with van der Waals surface area (Å²) in [5.74, 6) is -0.0815. The Balaban J connectivity index is 2.07. The van der Waals surface area contributed by atoms with Crippen molar-refractivity contribution in [1.29, 1.82) is 0 Å². The Hall–Kier alpha value is -2.19. The predicted octanol–water partition coefficient (Wildman–Crippen LogP) is 3.00. The lowest BCUT2D eigenvalue weighted by molar-refractivity contribution is 0.102. The number of aliphatic hydroxyl groups excluding tert-OH is 1. The van der Waals surface area contributed by atoms with Crippen LogP contribution in [0.1, 0.15) is 27.6 Å². The summed E-state index contributed by atoms with van der Waals surface area (Å²) in [6.45, 7) is 0. The SMILES string of the molecule is O=C1/C(=C/c2ccccc2)C(O)c2ccccc21. The van der Waals surface area contributed by atoms with Crippen LogP contribution in [-0.4, -0.2) is 10.9 Å². The zero-order valence-corrected chi connectivity index (χ0v) is 9.71. The van der Waals surface area contributed by atoms with E-state index in [9.17, 15) is 9.90 Å². The Labute approximate surface area is 105 Å². The first kappa shape index (κ1) is 10.9. The van der Waals surface area contributed by atoms with Gasteiger partial charge in [0.1, 0.15) is 6.10 Å². The number of hydrogen-bond acceptors (Lipinski definition) is 2. The molecule has 0 heterocycles. The fourth-order valence-electron chi connectivity index (χ4n) is 2.26. The molecule has 0 bridgehead atoms. The minimum absolute atomic E-state index is 0.0815. The van der Waals surface area contributed by atoms with E-state index in [0.717, 1.165) is 5.56 Å². The topological polar surface area (TPSA) is 37.3 Å². The number of hydrogen-bond donors (Lipinski definition) is 1. The van der Waals surface area contributed by atoms with Crippen molar-refractivity contribution in [2.24, 2.45) is 0 Å². The molecule has 0 fully saturated rings. The van der Waals surface area contributed by atoms with E-state index in [4.69, 9.17) is 0 Å². The third-order valence-corrected chi connectivity index (χ3v) is 3.18. The van der Waals surface area contributed by atoms with E-state index < -0.39 is 6.10 Å². The van der Waals surface area contributed by atoms with Gasteiger partial charge in [-0.2, -0.15) is 0 Å². The van der Waals surface area contributed by atoms with Gasteiger partial charge in [0.25, 0.3) is 0 Å². The Morgan fingerprint density at radius 3 is 2.33 bits per heavy atom. The van der Waals surface area contributed by atoms with Crippen LogP contribution in [0.2, 0.25) is 0 Å². The zero-order chi connectivity index (χ0) is 12.5. The van der Waals surface area contributed by atoms with Gasteiger partial charge in [0.2, 0.25) is 0 Å². The molecule has 18 heavy (non-hydrogen) atoms. The molecular formula is C16H12O2. The fraction of sp³-hybridized carbons (Fsp3) is 0.0625. The van der Waals surface area contributed by atoms with Crippen molar-refractivity contribution in [2.45, 2.75) is 6.10 Å². The molecule has 0 radical (unpaired) electrons. The minimum Gasteiger partial charge on any atom is -0.383 e. The Bertz CT molecular complexity index is 627. The van der Waals surface area contributed by atoms with Gasteiger partial charge in [-0.15, -0.1) is 0 Å². The van der Waals surface area contributed by atoms with Gasteiger partial charge in [-0.3, -0.25) is 4.79 Å². The van der Waals surface area contributed by atoms with Crippen molar-refractivity contribution >= 4 is 11.9 Å². The molecular weight excluding hydrogens is 224 g/mol. The van der Waals surface area contributed by atoms with Gasteiger partial charge in [-0.1, -0.05) is 54.6 Å². The van der Waals surface area contributed by atoms with E-state index in [0.29, 0.717) is 16.7 Å². The Morgan fingerprint density at radius 2 is 1.61 bits per heavy atom. The van der Waals surface area contributed by atoms with Crippen molar-refractivity contribution < 1.29 is 9.90 Å². The number of fused-ring (bicyclic) bond motifs is 1. The van der Waals surface area contributed by atoms with E-state index in [1.54, 1.807) is 18.2 Å². The standard InChI is InChI=1S/C16H12O2/c17-15-12-8-4-5-9-13(12)16(18)14(15)10-11-6-2-1-3-7-11/h1-10,15,17H/b14-10+. The van der Waals surface area contributed by atoms with E-state index in [1.165, 1.54) is 0 Å². The lowest BCUT2D eigenvalue weighted by Gasteiger charge is -2.04. The molecule has 2 nitrogen and oxygen atoms in total. The maximum atomic E-state index is 12.2. The maximum absolute atomic E-state index is 12.2. The summed E-state index contributed by atoms with van der Waals surface area (Å²) in [6.07, 6.45) is 0.946. The molecule has 3 rings (SSSR count). The van der Waals surface area contributed by atoms with Crippen LogP contribution in [-0.2, 0) is 0 Å². The van der Waals surface area contributed by atoms with Gasteiger partial charge in [-0.05, 0) is 17.2 Å². The van der Waals surface area contributed by atoms with Crippen molar-refractivity contribution in [3.63, 3.8) is 0 Å². The van der Waals surface area contributed by atoms with Gasteiger partial charge in [0, 0.05) is 11.1 Å². The van der Waals surface area contributed by atoms with Crippen LogP contribution in [0.15, 0.2) is 60.2 Å². The average molecular weight is 236 g/mol. The van der Waals surface area contributed by atoms with Gasteiger partial charge in [-0.25, -0.2) is 0 Å². The van der Waals surface area contributed by atoms with Crippen LogP contribution in [0.5, 0.6) is 0 Å². The third kappa shape index (κ3) is 1.67. The molecule has 0 saturated carbocycles. The molecule has 1 aliphatic rings. The summed E-state index contributed by atoms with van der Waals surface area (Å²) in [7, 11) is 0. The van der Waals surface area contributed by atoms with Gasteiger partial charge >= 0.3 is 0 Å². The molecule has 1 aliphatic carbocycles. The van der Waals surface area contributed by atoms with Crippen LogP contribution < -0.4 is 0 Å². The van der Waals surface area contributed by atoms with E-state index in [-0.39, 0.29) is 5.78 Å². The zero-order valence-electron chi connectivity index (χ0n) is 9.71. The number of aliphatic hydroxyl groups is 1. The largest absolute Gasteiger partial charge is 0.383 e. The summed E-state index contributed by atoms with van der Waals surface area (Å²) in [5.41, 5.74) is 2.67.